The quantitative estimate of drug-likeness (QED) is 0.385. The first-order valence-electron chi connectivity index (χ1n) is 7.49. The Morgan fingerprint density at radius 3 is 1.71 bits per heavy atom. The maximum Gasteiger partial charge on any atom is 0.343 e. The molecule has 0 spiro atoms. The highest BCUT2D eigenvalue weighted by Crippen LogP contribution is 2.16. The highest BCUT2D eigenvalue weighted by molar-refractivity contribution is 5.91. The molecule has 0 saturated heterocycles. The number of carbonyl (C=O) groups is 1. The number of esters is 1. The molecular formula is C20H16O4. The molecule has 0 amide bonds. The predicted octanol–water partition coefficient (Wildman–Crippen LogP) is 4.32. The maximum absolute atomic E-state index is 12.0. The van der Waals surface area contributed by atoms with Gasteiger partial charge in [0.15, 0.2) is 0 Å². The van der Waals surface area contributed by atoms with Crippen LogP contribution in [-0.4, -0.2) is 12.8 Å². The molecule has 0 N–H and O–H groups in total. The standard InChI is InChI=1S/C20H16O4/c21-20(24-19-9-5-2-6-10-19)16-11-13-18(14-12-16)23-15-22-17-7-3-1-4-8-17/h1-14H,15H2. The van der Waals surface area contributed by atoms with Gasteiger partial charge in [-0.15, -0.1) is 0 Å². The second kappa shape index (κ2) is 7.83. The van der Waals surface area contributed by atoms with E-state index >= 15 is 0 Å². The van der Waals surface area contributed by atoms with Gasteiger partial charge in [0.05, 0.1) is 5.56 Å². The second-order valence-electron chi connectivity index (χ2n) is 4.95. The van der Waals surface area contributed by atoms with Crippen molar-refractivity contribution in [1.82, 2.24) is 0 Å². The molecule has 0 aliphatic rings. The Morgan fingerprint density at radius 1 is 0.625 bits per heavy atom. The lowest BCUT2D eigenvalue weighted by molar-refractivity contribution is 0.0734. The van der Waals surface area contributed by atoms with Gasteiger partial charge in [0.1, 0.15) is 17.2 Å². The minimum absolute atomic E-state index is 0.0951. The summed E-state index contributed by atoms with van der Waals surface area (Å²) in [6, 6.07) is 25.1. The molecule has 0 unspecified atom stereocenters. The smallest absolute Gasteiger partial charge is 0.343 e. The van der Waals surface area contributed by atoms with E-state index in [2.05, 4.69) is 0 Å². The average Bonchev–Trinajstić information content (AvgIpc) is 2.64. The number of carbonyl (C=O) groups excluding carboxylic acids is 1. The number of para-hydroxylation sites is 2. The van der Waals surface area contributed by atoms with Gasteiger partial charge in [0.2, 0.25) is 6.79 Å². The van der Waals surface area contributed by atoms with Gasteiger partial charge in [-0.2, -0.15) is 0 Å². The minimum Gasteiger partial charge on any atom is -0.458 e. The summed E-state index contributed by atoms with van der Waals surface area (Å²) in [5, 5.41) is 0. The summed E-state index contributed by atoms with van der Waals surface area (Å²) in [4.78, 5) is 12.0. The van der Waals surface area contributed by atoms with Crippen molar-refractivity contribution in [3.63, 3.8) is 0 Å². The first-order chi connectivity index (χ1) is 11.8. The number of benzene rings is 3. The van der Waals surface area contributed by atoms with Crippen molar-refractivity contribution >= 4 is 5.97 Å². The summed E-state index contributed by atoms with van der Waals surface area (Å²) in [5.41, 5.74) is 0.454. The fourth-order valence-corrected chi connectivity index (χ4v) is 2.02. The maximum atomic E-state index is 12.0. The zero-order valence-electron chi connectivity index (χ0n) is 12.9. The average molecular weight is 320 g/mol. The van der Waals surface area contributed by atoms with Crippen LogP contribution >= 0.6 is 0 Å². The first-order valence-corrected chi connectivity index (χ1v) is 7.49. The van der Waals surface area contributed by atoms with Crippen LogP contribution in [0.3, 0.4) is 0 Å². The topological polar surface area (TPSA) is 44.8 Å². The predicted molar refractivity (Wildman–Crippen MR) is 90.4 cm³/mol. The highest BCUT2D eigenvalue weighted by atomic mass is 16.7. The molecule has 0 saturated carbocycles. The van der Waals surface area contributed by atoms with Gasteiger partial charge < -0.3 is 14.2 Å². The fourth-order valence-electron chi connectivity index (χ4n) is 2.02. The zero-order valence-corrected chi connectivity index (χ0v) is 12.9. The number of hydrogen-bond donors (Lipinski definition) is 0. The molecule has 120 valence electrons. The van der Waals surface area contributed by atoms with Crippen LogP contribution in [-0.2, 0) is 0 Å². The monoisotopic (exact) mass is 320 g/mol. The van der Waals surface area contributed by atoms with E-state index in [-0.39, 0.29) is 6.79 Å². The van der Waals surface area contributed by atoms with Crippen molar-refractivity contribution in [2.24, 2.45) is 0 Å². The van der Waals surface area contributed by atoms with Crippen LogP contribution in [0.5, 0.6) is 17.2 Å². The van der Waals surface area contributed by atoms with E-state index in [0.29, 0.717) is 17.1 Å². The Bertz CT molecular complexity index is 768. The number of hydrogen-bond acceptors (Lipinski definition) is 4. The Labute approximate surface area is 140 Å². The third-order valence-electron chi connectivity index (χ3n) is 3.24. The summed E-state index contributed by atoms with van der Waals surface area (Å²) in [7, 11) is 0. The SMILES string of the molecule is O=C(Oc1ccccc1)c1ccc(OCOc2ccccc2)cc1. The molecule has 0 aromatic heterocycles. The normalized spacial score (nSPS) is 10.0. The van der Waals surface area contributed by atoms with Crippen LogP contribution in [0.25, 0.3) is 0 Å². The van der Waals surface area contributed by atoms with Crippen LogP contribution < -0.4 is 14.2 Å². The Balaban J connectivity index is 1.52. The molecule has 4 nitrogen and oxygen atoms in total. The summed E-state index contributed by atoms with van der Waals surface area (Å²) in [5.74, 6) is 1.45. The molecule has 24 heavy (non-hydrogen) atoms. The summed E-state index contributed by atoms with van der Waals surface area (Å²) in [6.07, 6.45) is 0. The molecule has 0 atom stereocenters. The summed E-state index contributed by atoms with van der Waals surface area (Å²) >= 11 is 0. The fraction of sp³-hybridized carbons (Fsp3) is 0.0500. The molecule has 0 heterocycles. The molecule has 0 aliphatic carbocycles. The molecule has 4 heteroatoms. The van der Waals surface area contributed by atoms with Gasteiger partial charge >= 0.3 is 5.97 Å². The van der Waals surface area contributed by atoms with E-state index < -0.39 is 5.97 Å². The van der Waals surface area contributed by atoms with Crippen molar-refractivity contribution in [3.8, 4) is 17.2 Å². The molecule has 0 bridgehead atoms. The van der Waals surface area contributed by atoms with E-state index in [1.54, 1.807) is 36.4 Å². The lowest BCUT2D eigenvalue weighted by Crippen LogP contribution is -2.09. The van der Waals surface area contributed by atoms with Crippen molar-refractivity contribution < 1.29 is 19.0 Å². The largest absolute Gasteiger partial charge is 0.458 e. The molecule has 0 fully saturated rings. The molecule has 3 rings (SSSR count). The van der Waals surface area contributed by atoms with E-state index in [1.807, 2.05) is 48.5 Å². The van der Waals surface area contributed by atoms with Gasteiger partial charge in [0.25, 0.3) is 0 Å². The summed E-state index contributed by atoms with van der Waals surface area (Å²) < 4.78 is 16.2. The lowest BCUT2D eigenvalue weighted by Gasteiger charge is -2.09. The third kappa shape index (κ3) is 4.36. The number of ether oxygens (including phenoxy) is 3. The zero-order chi connectivity index (χ0) is 16.6. The van der Waals surface area contributed by atoms with Crippen molar-refractivity contribution in [3.05, 3.63) is 90.5 Å². The lowest BCUT2D eigenvalue weighted by atomic mass is 10.2. The Kier molecular flexibility index (Phi) is 5.10. The molecule has 3 aromatic carbocycles. The van der Waals surface area contributed by atoms with Crippen LogP contribution in [0, 0.1) is 0 Å². The summed E-state index contributed by atoms with van der Waals surface area (Å²) in [6.45, 7) is 0.0951. The third-order valence-corrected chi connectivity index (χ3v) is 3.24. The van der Waals surface area contributed by atoms with Gasteiger partial charge in [0, 0.05) is 0 Å². The van der Waals surface area contributed by atoms with Crippen LogP contribution in [0.1, 0.15) is 10.4 Å². The van der Waals surface area contributed by atoms with Gasteiger partial charge in [-0.3, -0.25) is 0 Å². The molecule has 3 aromatic rings. The van der Waals surface area contributed by atoms with Crippen molar-refractivity contribution in [2.45, 2.75) is 0 Å². The van der Waals surface area contributed by atoms with Gasteiger partial charge in [-0.25, -0.2) is 4.79 Å². The first kappa shape index (κ1) is 15.6. The van der Waals surface area contributed by atoms with Crippen LogP contribution in [0.2, 0.25) is 0 Å². The molecule has 0 aliphatic heterocycles. The Hall–Kier alpha value is -3.27. The highest BCUT2D eigenvalue weighted by Gasteiger charge is 2.08. The second-order valence-corrected chi connectivity index (χ2v) is 4.95. The molecular weight excluding hydrogens is 304 g/mol. The minimum atomic E-state index is -0.409. The van der Waals surface area contributed by atoms with Crippen LogP contribution in [0.15, 0.2) is 84.9 Å². The number of rotatable bonds is 6. The Morgan fingerprint density at radius 2 is 1.12 bits per heavy atom. The van der Waals surface area contributed by atoms with E-state index in [9.17, 15) is 4.79 Å². The van der Waals surface area contributed by atoms with E-state index in [1.165, 1.54) is 0 Å². The molecule has 0 radical (unpaired) electrons. The van der Waals surface area contributed by atoms with Gasteiger partial charge in [-0.1, -0.05) is 36.4 Å². The van der Waals surface area contributed by atoms with E-state index in [0.717, 1.165) is 5.75 Å². The van der Waals surface area contributed by atoms with Crippen molar-refractivity contribution in [1.29, 1.82) is 0 Å². The van der Waals surface area contributed by atoms with E-state index in [4.69, 9.17) is 14.2 Å². The van der Waals surface area contributed by atoms with Gasteiger partial charge in [-0.05, 0) is 48.5 Å². The van der Waals surface area contributed by atoms with Crippen molar-refractivity contribution in [2.75, 3.05) is 6.79 Å². The van der Waals surface area contributed by atoms with Crippen LogP contribution in [0.4, 0.5) is 0 Å².